The van der Waals surface area contributed by atoms with E-state index in [1.165, 1.54) is 0 Å². The van der Waals surface area contributed by atoms with Crippen molar-refractivity contribution >= 4 is 36.3 Å². The number of benzene rings is 6. The summed E-state index contributed by atoms with van der Waals surface area (Å²) in [7, 11) is 0. The second-order valence-electron chi connectivity index (χ2n) is 21.3. The van der Waals surface area contributed by atoms with Crippen molar-refractivity contribution in [3.63, 3.8) is 0 Å². The summed E-state index contributed by atoms with van der Waals surface area (Å²) in [6.45, 7) is 9.36. The fraction of sp³-hybridized carbons (Fsp3) is 0.348. The van der Waals surface area contributed by atoms with E-state index in [0.29, 0.717) is 75.8 Å². The Balaban J connectivity index is 1.05. The van der Waals surface area contributed by atoms with E-state index in [4.69, 9.17) is 14.2 Å². The molecule has 468 valence electrons. The monoisotopic (exact) mass is 1220 g/mol. The highest BCUT2D eigenvalue weighted by Gasteiger charge is 2.18. The number of aliphatic imine (C=N–C) groups is 6. The maximum Gasteiger partial charge on any atom is 0.407 e. The number of unbranched alkanes of at least 4 members (excludes halogenated alkanes) is 3. The van der Waals surface area contributed by atoms with Gasteiger partial charge < -0.3 is 30.2 Å². The lowest BCUT2D eigenvalue weighted by atomic mass is 10.1. The van der Waals surface area contributed by atoms with Crippen LogP contribution < -0.4 is 33.0 Å². The van der Waals surface area contributed by atoms with Gasteiger partial charge in [0, 0.05) is 19.6 Å². The smallest absolute Gasteiger partial charge is 0.407 e. The van der Waals surface area contributed by atoms with E-state index in [0.717, 1.165) is 102 Å². The molecule has 0 aliphatic rings. The van der Waals surface area contributed by atoms with E-state index in [-0.39, 0.29) is 39.3 Å². The third-order valence-corrected chi connectivity index (χ3v) is 13.9. The first-order chi connectivity index (χ1) is 44.0. The number of ether oxygens (including phenoxy) is 3. The molecule has 1 heterocycles. The molecule has 1 aromatic heterocycles. The summed E-state index contributed by atoms with van der Waals surface area (Å²) in [6, 6.07) is 53.4. The second-order valence-corrected chi connectivity index (χ2v) is 21.3. The van der Waals surface area contributed by atoms with Crippen LogP contribution in [0.25, 0.3) is 0 Å². The number of carbonyl (C=O) groups is 3. The molecule has 0 bridgehead atoms. The van der Waals surface area contributed by atoms with Crippen molar-refractivity contribution in [2.24, 2.45) is 30.0 Å². The summed E-state index contributed by atoms with van der Waals surface area (Å²) >= 11 is 0. The molecule has 21 nitrogen and oxygen atoms in total. The lowest BCUT2D eigenvalue weighted by molar-refractivity contribution is 0.143. The van der Waals surface area contributed by atoms with Crippen LogP contribution in [-0.2, 0) is 92.7 Å². The van der Waals surface area contributed by atoms with Gasteiger partial charge in [0.05, 0.1) is 96.7 Å². The molecule has 0 saturated heterocycles. The Labute approximate surface area is 523 Å². The van der Waals surface area contributed by atoms with Crippen LogP contribution >= 0.6 is 0 Å². The van der Waals surface area contributed by atoms with Crippen molar-refractivity contribution in [2.75, 3.05) is 19.8 Å². The van der Waals surface area contributed by atoms with Crippen LogP contribution in [0.1, 0.15) is 126 Å². The number of alkyl carbamates (subject to hydrolysis) is 3. The van der Waals surface area contributed by atoms with E-state index in [9.17, 15) is 28.8 Å². The van der Waals surface area contributed by atoms with Gasteiger partial charge in [-0.2, -0.15) is 0 Å². The average molecular weight is 1220 g/mol. The van der Waals surface area contributed by atoms with Crippen LogP contribution in [0.2, 0.25) is 0 Å². The van der Waals surface area contributed by atoms with E-state index in [1.807, 2.05) is 148 Å². The fourth-order valence-electron chi connectivity index (χ4n) is 9.14. The lowest BCUT2D eigenvalue weighted by Gasteiger charge is -2.15. The number of aromatic nitrogens is 3. The van der Waals surface area contributed by atoms with Crippen molar-refractivity contribution in [1.29, 1.82) is 0 Å². The number of rotatable bonds is 33. The minimum atomic E-state index is -0.779. The molecule has 0 atom stereocenters. The largest absolute Gasteiger partial charge is 0.450 e. The zero-order chi connectivity index (χ0) is 63.6. The molecular weight excluding hydrogens is 1140 g/mol. The number of hydrogen-bond donors (Lipinski definition) is 3. The molecule has 7 aromatic rings. The number of nitrogens with zero attached hydrogens (tertiary/aromatic N) is 9. The fourth-order valence-corrected chi connectivity index (χ4v) is 9.14. The summed E-state index contributed by atoms with van der Waals surface area (Å²) in [5.41, 5.74) is 7.35. The topological polar surface area (TPSA) is 255 Å². The highest BCUT2D eigenvalue weighted by Crippen LogP contribution is 2.14. The number of carbonyl (C=O) groups excluding carboxylic acids is 3. The summed E-state index contributed by atoms with van der Waals surface area (Å²) in [5, 5.41) is 8.30. The van der Waals surface area contributed by atoms with Gasteiger partial charge >= 0.3 is 35.3 Å². The molecule has 0 fully saturated rings. The normalized spacial score (nSPS) is 10.6. The van der Waals surface area contributed by atoms with E-state index < -0.39 is 35.3 Å². The van der Waals surface area contributed by atoms with Crippen molar-refractivity contribution in [3.8, 4) is 0 Å². The van der Waals surface area contributed by atoms with Crippen molar-refractivity contribution in [1.82, 2.24) is 29.7 Å². The molecule has 0 saturated carbocycles. The summed E-state index contributed by atoms with van der Waals surface area (Å²) in [6.07, 6.45) is 3.85. The van der Waals surface area contributed by atoms with Gasteiger partial charge in [-0.1, -0.05) is 186 Å². The van der Waals surface area contributed by atoms with Gasteiger partial charge in [-0.3, -0.25) is 0 Å². The minimum Gasteiger partial charge on any atom is -0.450 e. The van der Waals surface area contributed by atoms with Gasteiger partial charge in [0.15, 0.2) is 0 Å². The lowest BCUT2D eigenvalue weighted by Crippen LogP contribution is -2.54. The Bertz CT molecular complexity index is 3480. The second kappa shape index (κ2) is 37.4. The number of amides is 3. The molecule has 6 aromatic carbocycles. The molecule has 3 N–H and O–H groups in total. The van der Waals surface area contributed by atoms with Crippen molar-refractivity contribution in [2.45, 2.75) is 138 Å². The standard InChI is InChI=1S/C69H78N12O9/c1-4-7-28-88-64(82)76-43-58-22-10-16-52(31-58)37-70-49-73-40-55-19-13-25-61(34-55)46-79-67(85)80(47-62-26-14-20-56(35-62)41-74-50-71-38-53-17-11-23-59(32-53)44-77-65(83)89-29-8-5-2)69(87)81(68(79)86)48-63-27-15-21-57(36-63)42-75-51-72-39-54-18-12-24-60(33-54)45-78-66(84)90-30-9-6-3/h10-27,31-36H,4-9,28-30,37-48H2,1-3H3,(H,76,82)(H,77,83)(H,78,84). The van der Waals surface area contributed by atoms with Crippen LogP contribution in [-0.4, -0.2) is 69.8 Å². The van der Waals surface area contributed by atoms with Gasteiger partial charge in [-0.15, -0.1) is 0 Å². The van der Waals surface area contributed by atoms with Gasteiger partial charge in [0.1, 0.15) is 0 Å². The van der Waals surface area contributed by atoms with Crippen LogP contribution in [0.15, 0.2) is 190 Å². The quantitative estimate of drug-likeness (QED) is 0.0201. The van der Waals surface area contributed by atoms with Crippen LogP contribution in [0, 0.1) is 0 Å². The Morgan fingerprint density at radius 2 is 0.556 bits per heavy atom. The summed E-state index contributed by atoms with van der Waals surface area (Å²) < 4.78 is 18.8. The van der Waals surface area contributed by atoms with Crippen molar-refractivity contribution < 1.29 is 28.6 Å². The molecule has 0 radical (unpaired) electrons. The van der Waals surface area contributed by atoms with Crippen LogP contribution in [0.3, 0.4) is 0 Å². The van der Waals surface area contributed by atoms with Gasteiger partial charge in [-0.25, -0.2) is 72.4 Å². The van der Waals surface area contributed by atoms with Crippen molar-refractivity contribution in [3.05, 3.63) is 244 Å². The average Bonchev–Trinajstić information content (AvgIpc) is 0.873. The molecule has 0 unspecified atom stereocenters. The zero-order valence-electron chi connectivity index (χ0n) is 51.4. The summed E-state index contributed by atoms with van der Waals surface area (Å²) in [5.74, 6) is 0. The third kappa shape index (κ3) is 23.4. The predicted octanol–water partition coefficient (Wildman–Crippen LogP) is 11.0. The highest BCUT2D eigenvalue weighted by atomic mass is 16.6. The first kappa shape index (κ1) is 67.2. The number of hydrogen-bond acceptors (Lipinski definition) is 15. The maximum atomic E-state index is 14.5. The highest BCUT2D eigenvalue weighted by molar-refractivity contribution is 5.68. The minimum absolute atomic E-state index is 0.142. The molecule has 7 rings (SSSR count). The SMILES string of the molecule is CCCCOC(=O)NCc1cccc(CN=C=NCc2cccc(Cn3c(=O)n(Cc4cccc(CN=C=NCc5cccc(CNC(=O)OCCCC)c5)c4)c(=O)n(Cc4cccc(CN=C=NCc5cccc(CNC(=O)OCCCC)c5)c4)c3=O)c2)c1. The molecule has 21 heteroatoms. The molecular formula is C69H78N12O9. The van der Waals surface area contributed by atoms with E-state index >= 15 is 0 Å². The Kier molecular flexibility index (Phi) is 27.9. The van der Waals surface area contributed by atoms with Gasteiger partial charge in [0.25, 0.3) is 0 Å². The first-order valence-corrected chi connectivity index (χ1v) is 30.3. The predicted molar refractivity (Wildman–Crippen MR) is 346 cm³/mol. The first-order valence-electron chi connectivity index (χ1n) is 30.3. The molecule has 90 heavy (non-hydrogen) atoms. The Morgan fingerprint density at radius 3 is 0.789 bits per heavy atom. The maximum absolute atomic E-state index is 14.5. The van der Waals surface area contributed by atoms with Gasteiger partial charge in [-0.05, 0) is 86.0 Å². The number of nitrogens with one attached hydrogen (secondary N) is 3. The molecule has 0 aliphatic carbocycles. The van der Waals surface area contributed by atoms with Crippen LogP contribution in [0.5, 0.6) is 0 Å². The molecule has 3 amide bonds. The Hall–Kier alpha value is -10.3. The zero-order valence-corrected chi connectivity index (χ0v) is 51.4. The summed E-state index contributed by atoms with van der Waals surface area (Å²) in [4.78, 5) is 106. The van der Waals surface area contributed by atoms with Crippen LogP contribution in [0.4, 0.5) is 14.4 Å². The third-order valence-electron chi connectivity index (χ3n) is 13.9. The Morgan fingerprint density at radius 1 is 0.344 bits per heavy atom. The van der Waals surface area contributed by atoms with Gasteiger partial charge in [0.2, 0.25) is 0 Å². The van der Waals surface area contributed by atoms with E-state index in [1.54, 1.807) is 18.2 Å². The molecule has 0 spiro atoms. The molecule has 0 aliphatic heterocycles. The van der Waals surface area contributed by atoms with E-state index in [2.05, 4.69) is 63.9 Å².